The SMILES string of the molecule is COC(=O)CC(c1ccn(C(C)C)n1)N1CCCN(c2c(OC)ccc3cccnc23)CC1.COc1ccc2cccnc2c1N1CCCN(C(CC(=O)O)c2ccn(C(C)C)n2)CC1. The van der Waals surface area contributed by atoms with E-state index in [1.807, 2.05) is 82.7 Å². The Morgan fingerprint density at radius 2 is 1.06 bits per heavy atom. The number of methoxy groups -OCH3 is 3. The molecule has 2 aromatic carbocycles. The monoisotopic (exact) mass is 889 g/mol. The maximum atomic E-state index is 12.3. The molecule has 16 heteroatoms. The maximum Gasteiger partial charge on any atom is 0.307 e. The minimum absolute atomic E-state index is 0.0360. The Labute approximate surface area is 381 Å². The van der Waals surface area contributed by atoms with E-state index in [1.54, 1.807) is 14.2 Å². The molecule has 0 aliphatic carbocycles. The molecule has 1 N–H and O–H groups in total. The summed E-state index contributed by atoms with van der Waals surface area (Å²) in [5.74, 6) is 0.606. The number of aromatic nitrogens is 6. The van der Waals surface area contributed by atoms with Crippen LogP contribution < -0.4 is 19.3 Å². The number of pyridine rings is 2. The van der Waals surface area contributed by atoms with Gasteiger partial charge in [0.25, 0.3) is 0 Å². The number of anilines is 2. The lowest BCUT2D eigenvalue weighted by atomic mass is 10.1. The number of ether oxygens (including phenoxy) is 3. The molecule has 0 bridgehead atoms. The van der Waals surface area contributed by atoms with Crippen molar-refractivity contribution in [1.82, 2.24) is 39.3 Å². The van der Waals surface area contributed by atoms with Crippen LogP contribution in [0.4, 0.5) is 11.4 Å². The largest absolute Gasteiger partial charge is 0.494 e. The molecule has 346 valence electrons. The van der Waals surface area contributed by atoms with E-state index in [9.17, 15) is 14.7 Å². The third-order valence-corrected chi connectivity index (χ3v) is 12.4. The number of esters is 1. The molecule has 2 unspecified atom stereocenters. The first kappa shape index (κ1) is 46.7. The highest BCUT2D eigenvalue weighted by Gasteiger charge is 2.31. The van der Waals surface area contributed by atoms with Crippen molar-refractivity contribution in [2.75, 3.05) is 83.5 Å². The van der Waals surface area contributed by atoms with Gasteiger partial charge in [0, 0.05) is 100 Å². The summed E-state index contributed by atoms with van der Waals surface area (Å²) >= 11 is 0. The van der Waals surface area contributed by atoms with Gasteiger partial charge < -0.3 is 29.1 Å². The summed E-state index contributed by atoms with van der Waals surface area (Å²) in [6.45, 7) is 14.8. The van der Waals surface area contributed by atoms with Crippen LogP contribution in [0.2, 0.25) is 0 Å². The molecule has 2 atom stereocenters. The molecule has 6 aromatic rings. The van der Waals surface area contributed by atoms with E-state index in [-0.39, 0.29) is 43.0 Å². The molecule has 2 aliphatic heterocycles. The lowest BCUT2D eigenvalue weighted by Gasteiger charge is -2.29. The van der Waals surface area contributed by atoms with Crippen molar-refractivity contribution >= 4 is 45.1 Å². The fourth-order valence-corrected chi connectivity index (χ4v) is 8.99. The minimum Gasteiger partial charge on any atom is -0.494 e. The first-order valence-corrected chi connectivity index (χ1v) is 22.7. The van der Waals surface area contributed by atoms with Gasteiger partial charge in [-0.3, -0.25) is 38.7 Å². The van der Waals surface area contributed by atoms with Crippen LogP contribution in [0, 0.1) is 0 Å². The van der Waals surface area contributed by atoms with Crippen LogP contribution in [0.5, 0.6) is 11.5 Å². The number of rotatable bonds is 14. The van der Waals surface area contributed by atoms with E-state index < -0.39 is 5.97 Å². The molecule has 65 heavy (non-hydrogen) atoms. The van der Waals surface area contributed by atoms with Gasteiger partial charge in [0.15, 0.2) is 0 Å². The van der Waals surface area contributed by atoms with Gasteiger partial charge in [-0.15, -0.1) is 0 Å². The summed E-state index contributed by atoms with van der Waals surface area (Å²) in [5.41, 5.74) is 5.65. The number of carboxylic acids is 1. The van der Waals surface area contributed by atoms with Crippen LogP contribution in [0.1, 0.15) is 88.9 Å². The lowest BCUT2D eigenvalue weighted by molar-refractivity contribution is -0.142. The molecule has 6 heterocycles. The van der Waals surface area contributed by atoms with Gasteiger partial charge in [-0.25, -0.2) is 0 Å². The molecule has 4 aromatic heterocycles. The fourth-order valence-electron chi connectivity index (χ4n) is 8.99. The van der Waals surface area contributed by atoms with Crippen molar-refractivity contribution in [1.29, 1.82) is 0 Å². The van der Waals surface area contributed by atoms with Gasteiger partial charge in [0.05, 0.1) is 68.7 Å². The van der Waals surface area contributed by atoms with Crippen LogP contribution in [0.25, 0.3) is 21.8 Å². The molecule has 0 amide bonds. The molecular weight excluding hydrogens is 825 g/mol. The number of benzene rings is 2. The normalized spacial score (nSPS) is 16.2. The van der Waals surface area contributed by atoms with Gasteiger partial charge in [0.1, 0.15) is 22.9 Å². The maximum absolute atomic E-state index is 12.3. The highest BCUT2D eigenvalue weighted by Crippen LogP contribution is 2.38. The summed E-state index contributed by atoms with van der Waals surface area (Å²) in [4.78, 5) is 42.5. The minimum atomic E-state index is -0.810. The van der Waals surface area contributed by atoms with E-state index >= 15 is 0 Å². The third kappa shape index (κ3) is 11.0. The van der Waals surface area contributed by atoms with E-state index in [1.165, 1.54) is 7.11 Å². The summed E-state index contributed by atoms with van der Waals surface area (Å²) in [6, 6.07) is 20.2. The Balaban J connectivity index is 0.000000194. The van der Waals surface area contributed by atoms with Crippen molar-refractivity contribution < 1.29 is 28.9 Å². The highest BCUT2D eigenvalue weighted by atomic mass is 16.5. The molecule has 16 nitrogen and oxygen atoms in total. The first-order valence-electron chi connectivity index (χ1n) is 22.7. The third-order valence-electron chi connectivity index (χ3n) is 12.4. The number of carboxylic acid groups (broad SMARTS) is 1. The Bertz CT molecular complexity index is 2520. The second-order valence-corrected chi connectivity index (χ2v) is 17.2. The molecule has 2 aliphatic rings. The Morgan fingerprint density at radius 3 is 1.46 bits per heavy atom. The number of aliphatic carboxylic acids is 1. The number of carbonyl (C=O) groups excluding carboxylic acids is 1. The quantitative estimate of drug-likeness (QED) is 0.107. The molecule has 0 spiro atoms. The van der Waals surface area contributed by atoms with Gasteiger partial charge in [-0.05, 0) is 89.1 Å². The van der Waals surface area contributed by atoms with Crippen molar-refractivity contribution in [3.05, 3.63) is 96.8 Å². The molecule has 8 rings (SSSR count). The van der Waals surface area contributed by atoms with Gasteiger partial charge >= 0.3 is 11.9 Å². The second-order valence-electron chi connectivity index (χ2n) is 17.2. The second kappa shape index (κ2) is 21.6. The Hall–Kier alpha value is -6.26. The summed E-state index contributed by atoms with van der Waals surface area (Å²) < 4.78 is 20.2. The molecular formula is C49H64N10O6. The number of fused-ring (bicyclic) bond motifs is 2. The summed E-state index contributed by atoms with van der Waals surface area (Å²) in [5, 5.41) is 21.2. The van der Waals surface area contributed by atoms with E-state index in [2.05, 4.69) is 74.5 Å². The Morgan fingerprint density at radius 1 is 0.600 bits per heavy atom. The lowest BCUT2D eigenvalue weighted by Crippen LogP contribution is -2.35. The molecule has 0 saturated carbocycles. The van der Waals surface area contributed by atoms with E-state index in [0.29, 0.717) is 0 Å². The number of hydrogen-bond acceptors (Lipinski definition) is 13. The molecule has 2 fully saturated rings. The first-order chi connectivity index (χ1) is 31.5. The number of nitrogens with zero attached hydrogens (tertiary/aromatic N) is 10. The Kier molecular flexibility index (Phi) is 15.5. The predicted molar refractivity (Wildman–Crippen MR) is 253 cm³/mol. The van der Waals surface area contributed by atoms with Crippen LogP contribution in [0.15, 0.2) is 85.5 Å². The average Bonchev–Trinajstić information content (AvgIpc) is 3.89. The van der Waals surface area contributed by atoms with Crippen molar-refractivity contribution in [2.45, 2.75) is 77.5 Å². The van der Waals surface area contributed by atoms with Crippen molar-refractivity contribution in [3.8, 4) is 11.5 Å². The fraction of sp³-hybridized carbons (Fsp3) is 0.469. The topological polar surface area (TPSA) is 156 Å². The highest BCUT2D eigenvalue weighted by molar-refractivity contribution is 5.95. The predicted octanol–water partition coefficient (Wildman–Crippen LogP) is 7.59. The van der Waals surface area contributed by atoms with Gasteiger partial charge in [0.2, 0.25) is 0 Å². The molecule has 2 saturated heterocycles. The van der Waals surface area contributed by atoms with Crippen LogP contribution in [-0.2, 0) is 14.3 Å². The molecule has 0 radical (unpaired) electrons. The van der Waals surface area contributed by atoms with E-state index in [0.717, 1.165) is 121 Å². The number of hydrogen-bond donors (Lipinski definition) is 1. The smallest absolute Gasteiger partial charge is 0.307 e. The zero-order valence-electron chi connectivity index (χ0n) is 38.8. The summed E-state index contributed by atoms with van der Waals surface area (Å²) in [6.07, 6.45) is 9.74. The van der Waals surface area contributed by atoms with Crippen LogP contribution >= 0.6 is 0 Å². The average molecular weight is 889 g/mol. The van der Waals surface area contributed by atoms with Gasteiger partial charge in [-0.1, -0.05) is 12.1 Å². The van der Waals surface area contributed by atoms with Crippen molar-refractivity contribution in [3.63, 3.8) is 0 Å². The number of carbonyl (C=O) groups is 2. The van der Waals surface area contributed by atoms with Gasteiger partial charge in [-0.2, -0.15) is 10.2 Å². The van der Waals surface area contributed by atoms with Crippen LogP contribution in [-0.4, -0.2) is 130 Å². The van der Waals surface area contributed by atoms with E-state index in [4.69, 9.17) is 19.3 Å². The zero-order chi connectivity index (χ0) is 46.0. The van der Waals surface area contributed by atoms with Crippen LogP contribution in [0.3, 0.4) is 0 Å². The standard InChI is InChI=1S/C25H33N5O3.C24H31N5O3/c1-18(2)30-14-10-20(27-30)21(17-23(31)33-4)28-12-6-13-29(16-15-28)25-22(32-3)9-8-19-7-5-11-26-24(19)25;1-17(2)29-13-9-19(26-29)20(16-22(30)31)27-11-5-12-28(15-14-27)24-21(32-3)8-7-18-6-4-10-25-23(18)24/h5,7-11,14,18,21H,6,12-13,15-17H2,1-4H3;4,6-10,13,17,20H,5,11-12,14-16H2,1-3H3,(H,30,31). The summed E-state index contributed by atoms with van der Waals surface area (Å²) in [7, 11) is 4.83. The zero-order valence-corrected chi connectivity index (χ0v) is 38.8. The van der Waals surface area contributed by atoms with Crippen molar-refractivity contribution in [2.24, 2.45) is 0 Å².